The first-order valence-electron chi connectivity index (χ1n) is 8.47. The minimum atomic E-state index is -0.240. The standard InChI is InChI=1S/C17H23ClN6O2/c1-22-15(5-6-20-22)14(12-26-2)21-17(25)24-9-7-23(8-10-24)16-4-3-13(18)11-19-16/h3-6,11,14H,7-10,12H2,1-2H3,(H,21,25)/t14-/m1/s1. The lowest BCUT2D eigenvalue weighted by atomic mass is 10.2. The third-order valence-corrected chi connectivity index (χ3v) is 4.67. The van der Waals surface area contributed by atoms with Gasteiger partial charge in [-0.15, -0.1) is 0 Å². The number of rotatable bonds is 5. The van der Waals surface area contributed by atoms with Crippen LogP contribution in [0.3, 0.4) is 0 Å². The summed E-state index contributed by atoms with van der Waals surface area (Å²) in [6.07, 6.45) is 3.35. The highest BCUT2D eigenvalue weighted by molar-refractivity contribution is 6.30. The molecule has 2 amide bonds. The second kappa shape index (κ2) is 8.37. The summed E-state index contributed by atoms with van der Waals surface area (Å²) in [5, 5.41) is 7.82. The average molecular weight is 379 g/mol. The van der Waals surface area contributed by atoms with E-state index in [9.17, 15) is 4.79 Å². The Morgan fingerprint density at radius 2 is 2.08 bits per heavy atom. The second-order valence-corrected chi connectivity index (χ2v) is 6.58. The number of halogens is 1. The predicted molar refractivity (Wildman–Crippen MR) is 99.4 cm³/mol. The van der Waals surface area contributed by atoms with Gasteiger partial charge < -0.3 is 19.9 Å². The van der Waals surface area contributed by atoms with Gasteiger partial charge in [-0.2, -0.15) is 5.10 Å². The number of aryl methyl sites for hydroxylation is 1. The zero-order valence-electron chi connectivity index (χ0n) is 14.9. The fraction of sp³-hybridized carbons (Fsp3) is 0.471. The Kier molecular flexibility index (Phi) is 5.95. The number of methoxy groups -OCH3 is 1. The molecule has 8 nitrogen and oxygen atoms in total. The first-order valence-corrected chi connectivity index (χ1v) is 8.85. The zero-order chi connectivity index (χ0) is 18.5. The molecule has 1 aliphatic rings. The molecule has 1 atom stereocenters. The van der Waals surface area contributed by atoms with E-state index in [1.165, 1.54) is 0 Å². The molecule has 0 bridgehead atoms. The van der Waals surface area contributed by atoms with Gasteiger partial charge in [0.15, 0.2) is 0 Å². The van der Waals surface area contributed by atoms with Crippen molar-refractivity contribution in [3.63, 3.8) is 0 Å². The highest BCUT2D eigenvalue weighted by atomic mass is 35.5. The number of ether oxygens (including phenoxy) is 1. The summed E-state index contributed by atoms with van der Waals surface area (Å²) in [4.78, 5) is 21.0. The molecule has 1 N–H and O–H groups in total. The third-order valence-electron chi connectivity index (χ3n) is 4.45. The molecule has 0 saturated carbocycles. The van der Waals surface area contributed by atoms with E-state index in [1.807, 2.05) is 30.1 Å². The molecule has 1 fully saturated rings. The van der Waals surface area contributed by atoms with Gasteiger partial charge in [0.05, 0.1) is 23.4 Å². The molecule has 0 radical (unpaired) electrons. The van der Waals surface area contributed by atoms with Gasteiger partial charge in [0.1, 0.15) is 5.82 Å². The van der Waals surface area contributed by atoms with Crippen molar-refractivity contribution in [3.05, 3.63) is 41.3 Å². The van der Waals surface area contributed by atoms with Gasteiger partial charge in [-0.05, 0) is 18.2 Å². The Labute approximate surface area is 157 Å². The van der Waals surface area contributed by atoms with E-state index >= 15 is 0 Å². The first-order chi connectivity index (χ1) is 12.6. The van der Waals surface area contributed by atoms with Crippen LogP contribution in [-0.4, -0.2) is 65.6 Å². The Morgan fingerprint density at radius 1 is 1.31 bits per heavy atom. The summed E-state index contributed by atoms with van der Waals surface area (Å²) in [5.74, 6) is 0.876. The number of anilines is 1. The van der Waals surface area contributed by atoms with Crippen molar-refractivity contribution in [1.82, 2.24) is 25.0 Å². The van der Waals surface area contributed by atoms with Gasteiger partial charge in [-0.1, -0.05) is 11.6 Å². The first kappa shape index (κ1) is 18.5. The monoisotopic (exact) mass is 378 g/mol. The summed E-state index contributed by atoms with van der Waals surface area (Å²) in [7, 11) is 3.47. The van der Waals surface area contributed by atoms with Gasteiger partial charge in [-0.3, -0.25) is 4.68 Å². The summed E-state index contributed by atoms with van der Waals surface area (Å²) < 4.78 is 7.00. The smallest absolute Gasteiger partial charge is 0.318 e. The Bertz CT molecular complexity index is 727. The van der Waals surface area contributed by atoms with Crippen molar-refractivity contribution in [2.75, 3.05) is 44.8 Å². The minimum absolute atomic E-state index is 0.100. The average Bonchev–Trinajstić information content (AvgIpc) is 3.08. The van der Waals surface area contributed by atoms with E-state index in [0.29, 0.717) is 24.7 Å². The largest absolute Gasteiger partial charge is 0.382 e. The Morgan fingerprint density at radius 3 is 2.65 bits per heavy atom. The van der Waals surface area contributed by atoms with Gasteiger partial charge in [0.2, 0.25) is 0 Å². The number of carbonyl (C=O) groups is 1. The maximum absolute atomic E-state index is 12.7. The van der Waals surface area contributed by atoms with E-state index < -0.39 is 0 Å². The van der Waals surface area contributed by atoms with Crippen molar-refractivity contribution in [1.29, 1.82) is 0 Å². The maximum Gasteiger partial charge on any atom is 0.318 e. The number of hydrogen-bond donors (Lipinski definition) is 1. The number of nitrogens with zero attached hydrogens (tertiary/aromatic N) is 5. The quantitative estimate of drug-likeness (QED) is 0.856. The van der Waals surface area contributed by atoms with Crippen LogP contribution in [0.4, 0.5) is 10.6 Å². The lowest BCUT2D eigenvalue weighted by Crippen LogP contribution is -2.53. The van der Waals surface area contributed by atoms with Crippen LogP contribution in [0.5, 0.6) is 0 Å². The summed E-state index contributed by atoms with van der Waals surface area (Å²) in [6, 6.07) is 5.27. The van der Waals surface area contributed by atoms with Crippen LogP contribution in [-0.2, 0) is 11.8 Å². The number of hydrogen-bond acceptors (Lipinski definition) is 5. The van der Waals surface area contributed by atoms with E-state index in [-0.39, 0.29) is 12.1 Å². The zero-order valence-corrected chi connectivity index (χ0v) is 15.7. The van der Waals surface area contributed by atoms with E-state index in [1.54, 1.807) is 24.2 Å². The SMILES string of the molecule is COC[C@@H](NC(=O)N1CCN(c2ccc(Cl)cn2)CC1)c1ccnn1C. The topological polar surface area (TPSA) is 75.5 Å². The lowest BCUT2D eigenvalue weighted by Gasteiger charge is -2.36. The van der Waals surface area contributed by atoms with Gasteiger partial charge in [-0.25, -0.2) is 9.78 Å². The number of aromatic nitrogens is 3. The van der Waals surface area contributed by atoms with E-state index in [2.05, 4.69) is 20.3 Å². The van der Waals surface area contributed by atoms with E-state index in [4.69, 9.17) is 16.3 Å². The van der Waals surface area contributed by atoms with Crippen molar-refractivity contribution in [2.45, 2.75) is 6.04 Å². The van der Waals surface area contributed by atoms with Crippen LogP contribution in [0.2, 0.25) is 5.02 Å². The molecule has 1 saturated heterocycles. The molecule has 1 aliphatic heterocycles. The fourth-order valence-corrected chi connectivity index (χ4v) is 3.14. The van der Waals surface area contributed by atoms with Crippen LogP contribution >= 0.6 is 11.6 Å². The van der Waals surface area contributed by atoms with Gasteiger partial charge in [0.25, 0.3) is 0 Å². The number of nitrogens with one attached hydrogen (secondary N) is 1. The summed E-state index contributed by atoms with van der Waals surface area (Å²) in [6.45, 7) is 3.09. The van der Waals surface area contributed by atoms with Crippen molar-refractivity contribution < 1.29 is 9.53 Å². The molecule has 2 aromatic heterocycles. The number of carbonyl (C=O) groups excluding carboxylic acids is 1. The molecule has 9 heteroatoms. The molecule has 2 aromatic rings. The van der Waals surface area contributed by atoms with Crippen molar-refractivity contribution >= 4 is 23.4 Å². The van der Waals surface area contributed by atoms with Gasteiger partial charge >= 0.3 is 6.03 Å². The summed E-state index contributed by atoms with van der Waals surface area (Å²) >= 11 is 5.88. The van der Waals surface area contributed by atoms with Gasteiger partial charge in [0, 0.05) is 52.7 Å². The third kappa shape index (κ3) is 4.25. The fourth-order valence-electron chi connectivity index (χ4n) is 3.03. The molecule has 0 aromatic carbocycles. The van der Waals surface area contributed by atoms with Crippen LogP contribution in [0.1, 0.15) is 11.7 Å². The van der Waals surface area contributed by atoms with Crippen LogP contribution in [0.15, 0.2) is 30.6 Å². The van der Waals surface area contributed by atoms with E-state index in [0.717, 1.165) is 24.6 Å². The molecule has 140 valence electrons. The van der Waals surface area contributed by atoms with Crippen molar-refractivity contribution in [3.8, 4) is 0 Å². The highest BCUT2D eigenvalue weighted by Crippen LogP contribution is 2.17. The maximum atomic E-state index is 12.7. The number of urea groups is 1. The summed E-state index contributed by atoms with van der Waals surface area (Å²) in [5.41, 5.74) is 0.907. The molecule has 0 unspecified atom stereocenters. The van der Waals surface area contributed by atoms with Crippen LogP contribution < -0.4 is 10.2 Å². The minimum Gasteiger partial charge on any atom is -0.382 e. The highest BCUT2D eigenvalue weighted by Gasteiger charge is 2.25. The predicted octanol–water partition coefficient (Wildman–Crippen LogP) is 1.69. The van der Waals surface area contributed by atoms with Crippen molar-refractivity contribution in [2.24, 2.45) is 7.05 Å². The molecule has 3 heterocycles. The van der Waals surface area contributed by atoms with Crippen LogP contribution in [0, 0.1) is 0 Å². The number of amides is 2. The molecule has 0 spiro atoms. The molecular weight excluding hydrogens is 356 g/mol. The van der Waals surface area contributed by atoms with Crippen LogP contribution in [0.25, 0.3) is 0 Å². The number of pyridine rings is 1. The lowest BCUT2D eigenvalue weighted by molar-refractivity contribution is 0.151. The molecule has 0 aliphatic carbocycles. The molecular formula is C17H23ClN6O2. The normalized spacial score (nSPS) is 15.8. The molecule has 3 rings (SSSR count). The number of piperazine rings is 1. The Balaban J connectivity index is 1.57. The molecule has 26 heavy (non-hydrogen) atoms. The Hall–Kier alpha value is -2.32. The second-order valence-electron chi connectivity index (χ2n) is 6.15.